The number of hydrogen-bond donors (Lipinski definition) is 1. The first-order valence-electron chi connectivity index (χ1n) is 9.91. The summed E-state index contributed by atoms with van der Waals surface area (Å²) in [5.41, 5.74) is 4.06. The van der Waals surface area contributed by atoms with Crippen LogP contribution < -0.4 is 0 Å². The van der Waals surface area contributed by atoms with Crippen molar-refractivity contribution < 1.29 is 5.11 Å². The molecule has 1 aromatic carbocycles. The Hall–Kier alpha value is -1.92. The highest BCUT2D eigenvalue weighted by atomic mass is 32.2. The van der Waals surface area contributed by atoms with Gasteiger partial charge in [0.25, 0.3) is 0 Å². The van der Waals surface area contributed by atoms with E-state index in [0.29, 0.717) is 0 Å². The van der Waals surface area contributed by atoms with Crippen molar-refractivity contribution >= 4 is 36.1 Å². The lowest BCUT2D eigenvalue weighted by molar-refractivity contribution is 0.257. The summed E-state index contributed by atoms with van der Waals surface area (Å²) in [5, 5.41) is 18.0. The molecule has 0 amide bonds. The first kappa shape index (κ1) is 19.4. The molecule has 1 saturated heterocycles. The summed E-state index contributed by atoms with van der Waals surface area (Å²) in [6, 6.07) is 9.00. The Kier molecular flexibility index (Phi) is 5.43. The Balaban J connectivity index is 1.53. The van der Waals surface area contributed by atoms with Crippen molar-refractivity contribution in [2.24, 2.45) is 15.2 Å². The van der Waals surface area contributed by atoms with E-state index < -0.39 is 0 Å². The highest BCUT2D eigenvalue weighted by molar-refractivity contribution is 8.00. The molecule has 4 rings (SSSR count). The summed E-state index contributed by atoms with van der Waals surface area (Å²) in [7, 11) is 0. The van der Waals surface area contributed by atoms with Crippen LogP contribution >= 0.6 is 11.8 Å². The predicted molar refractivity (Wildman–Crippen MR) is 120 cm³/mol. The van der Waals surface area contributed by atoms with Crippen molar-refractivity contribution in [2.75, 3.05) is 32.0 Å². The normalized spacial score (nSPS) is 27.6. The Labute approximate surface area is 171 Å². The van der Waals surface area contributed by atoms with Crippen LogP contribution in [0, 0.1) is 0 Å². The molecule has 1 unspecified atom stereocenters. The number of benzene rings is 1. The molecule has 3 aliphatic rings. The van der Waals surface area contributed by atoms with Crippen molar-refractivity contribution in [2.45, 2.75) is 36.3 Å². The van der Waals surface area contributed by atoms with Gasteiger partial charge in [0, 0.05) is 48.4 Å². The summed E-state index contributed by atoms with van der Waals surface area (Å²) in [4.78, 5) is 6.65. The highest BCUT2D eigenvalue weighted by Gasteiger charge is 2.46. The number of aliphatic imine (C=N–C) groups is 1. The maximum Gasteiger partial charge on any atom is 0.129 e. The number of nitrogens with zero attached hydrogens (tertiary/aromatic N) is 4. The van der Waals surface area contributed by atoms with E-state index in [2.05, 4.69) is 64.1 Å². The van der Waals surface area contributed by atoms with Gasteiger partial charge in [0.2, 0.25) is 0 Å². The summed E-state index contributed by atoms with van der Waals surface area (Å²) >= 11 is 1.82. The molecule has 1 N–H and O–H groups in total. The number of amidine groups is 1. The van der Waals surface area contributed by atoms with Gasteiger partial charge in [-0.05, 0) is 36.5 Å². The van der Waals surface area contributed by atoms with E-state index in [9.17, 15) is 5.11 Å². The summed E-state index contributed by atoms with van der Waals surface area (Å²) in [5.74, 6) is 1.93. The second kappa shape index (κ2) is 7.84. The molecule has 1 atom stereocenters. The van der Waals surface area contributed by atoms with E-state index in [1.165, 1.54) is 29.5 Å². The van der Waals surface area contributed by atoms with E-state index in [-0.39, 0.29) is 16.8 Å². The van der Waals surface area contributed by atoms with E-state index >= 15 is 0 Å². The average Bonchev–Trinajstić information content (AvgIpc) is 3.32. The number of allylic oxidation sites excluding steroid dienone is 1. The molecular weight excluding hydrogens is 368 g/mol. The van der Waals surface area contributed by atoms with Gasteiger partial charge in [0.05, 0.1) is 13.2 Å². The van der Waals surface area contributed by atoms with Crippen LogP contribution in [0.5, 0.6) is 0 Å². The van der Waals surface area contributed by atoms with Gasteiger partial charge in [-0.25, -0.2) is 0 Å². The molecule has 0 aromatic heterocycles. The van der Waals surface area contributed by atoms with Gasteiger partial charge in [-0.15, -0.1) is 5.10 Å². The Morgan fingerprint density at radius 1 is 1.29 bits per heavy atom. The van der Waals surface area contributed by atoms with Gasteiger partial charge < -0.3 is 10.0 Å². The molecule has 28 heavy (non-hydrogen) atoms. The second-order valence-electron chi connectivity index (χ2n) is 8.22. The number of aliphatic hydroxyl groups excluding tert-OH is 1. The van der Waals surface area contributed by atoms with E-state index in [1.54, 1.807) is 0 Å². The smallest absolute Gasteiger partial charge is 0.129 e. The molecule has 2 aliphatic heterocycles. The molecular formula is C22H28N4OS. The largest absolute Gasteiger partial charge is 0.395 e. The highest BCUT2D eigenvalue weighted by Crippen LogP contribution is 2.49. The van der Waals surface area contributed by atoms with Gasteiger partial charge in [-0.3, -0.25) is 4.99 Å². The standard InChI is InChI=1S/C22H28N4OS/c1-21(16-27)13-20(25-23-2)26(11-12-28-21)15-22(8-9-22)19-5-3-17(4-6-19)18-7-10-24-14-18/h3-7,14,27H,2,8-13,15-16H2,1H3/b25-20-. The van der Waals surface area contributed by atoms with E-state index in [1.807, 2.05) is 18.0 Å². The first-order valence-corrected chi connectivity index (χ1v) is 10.9. The lowest BCUT2D eigenvalue weighted by Gasteiger charge is -2.30. The van der Waals surface area contributed by atoms with Crippen LogP contribution in [-0.2, 0) is 5.41 Å². The van der Waals surface area contributed by atoms with Crippen molar-refractivity contribution in [1.82, 2.24) is 4.90 Å². The molecule has 1 saturated carbocycles. The van der Waals surface area contributed by atoms with Gasteiger partial charge in [-0.2, -0.15) is 16.9 Å². The molecule has 2 heterocycles. The lowest BCUT2D eigenvalue weighted by atomic mass is 9.93. The van der Waals surface area contributed by atoms with Crippen molar-refractivity contribution in [3.8, 4) is 0 Å². The molecule has 148 valence electrons. The van der Waals surface area contributed by atoms with Crippen LogP contribution in [0.1, 0.15) is 37.3 Å². The fraction of sp³-hybridized carbons (Fsp3) is 0.500. The zero-order valence-electron chi connectivity index (χ0n) is 16.5. The SMILES string of the molecule is C=N/N=C1/CC(C)(CO)SCCN1CC1(c2ccc(C3=CCN=C3)cc2)CC1. The Morgan fingerprint density at radius 3 is 2.68 bits per heavy atom. The fourth-order valence-electron chi connectivity index (χ4n) is 4.10. The van der Waals surface area contributed by atoms with Crippen molar-refractivity contribution in [1.29, 1.82) is 0 Å². The second-order valence-corrected chi connectivity index (χ2v) is 9.91. The van der Waals surface area contributed by atoms with Crippen LogP contribution in [0.25, 0.3) is 5.57 Å². The zero-order chi connectivity index (χ0) is 19.6. The third-order valence-corrected chi connectivity index (χ3v) is 7.41. The summed E-state index contributed by atoms with van der Waals surface area (Å²) < 4.78 is -0.201. The van der Waals surface area contributed by atoms with Gasteiger partial charge in [0.15, 0.2) is 0 Å². The van der Waals surface area contributed by atoms with E-state index in [4.69, 9.17) is 0 Å². The first-order chi connectivity index (χ1) is 13.6. The molecule has 0 bridgehead atoms. The molecule has 2 fully saturated rings. The minimum atomic E-state index is -0.201. The Bertz CT molecular complexity index is 825. The van der Waals surface area contributed by atoms with E-state index in [0.717, 1.165) is 37.6 Å². The Morgan fingerprint density at radius 2 is 2.07 bits per heavy atom. The minimum absolute atomic E-state index is 0.146. The molecule has 5 nitrogen and oxygen atoms in total. The molecule has 1 aliphatic carbocycles. The number of hydrogen-bond acceptors (Lipinski definition) is 5. The van der Waals surface area contributed by atoms with Crippen LogP contribution in [0.3, 0.4) is 0 Å². The predicted octanol–water partition coefficient (Wildman–Crippen LogP) is 3.39. The van der Waals surface area contributed by atoms with Crippen molar-refractivity contribution in [3.63, 3.8) is 0 Å². The third-order valence-electron chi connectivity index (χ3n) is 6.05. The average molecular weight is 397 g/mol. The summed E-state index contributed by atoms with van der Waals surface area (Å²) in [6.07, 6.45) is 7.24. The van der Waals surface area contributed by atoms with Crippen molar-refractivity contribution in [3.05, 3.63) is 41.5 Å². The topological polar surface area (TPSA) is 60.6 Å². The van der Waals surface area contributed by atoms with Gasteiger partial charge in [-0.1, -0.05) is 30.3 Å². The van der Waals surface area contributed by atoms with Crippen LogP contribution in [0.15, 0.2) is 45.5 Å². The maximum atomic E-state index is 9.83. The molecule has 0 spiro atoms. The molecule has 6 heteroatoms. The molecule has 0 radical (unpaired) electrons. The molecule has 1 aromatic rings. The fourth-order valence-corrected chi connectivity index (χ4v) is 5.23. The quantitative estimate of drug-likeness (QED) is 0.592. The van der Waals surface area contributed by atoms with Crippen LogP contribution in [0.2, 0.25) is 0 Å². The van der Waals surface area contributed by atoms with Crippen LogP contribution in [-0.4, -0.2) is 65.5 Å². The zero-order valence-corrected chi connectivity index (χ0v) is 17.3. The maximum absolute atomic E-state index is 9.83. The van der Waals surface area contributed by atoms with Gasteiger partial charge in [0.1, 0.15) is 5.84 Å². The lowest BCUT2D eigenvalue weighted by Crippen LogP contribution is -2.40. The number of aliphatic hydroxyl groups is 1. The number of rotatable bonds is 6. The number of thioether (sulfide) groups is 1. The van der Waals surface area contributed by atoms with Gasteiger partial charge >= 0.3 is 0 Å². The summed E-state index contributed by atoms with van der Waals surface area (Å²) in [6.45, 7) is 8.48. The monoisotopic (exact) mass is 396 g/mol. The third kappa shape index (κ3) is 3.94. The minimum Gasteiger partial charge on any atom is -0.395 e. The van der Waals surface area contributed by atoms with Crippen LogP contribution in [0.4, 0.5) is 0 Å².